The number of hydrogen-bond donors (Lipinski definition) is 2. The van der Waals surface area contributed by atoms with Crippen molar-refractivity contribution < 1.29 is 19.1 Å². The average molecular weight is 242 g/mol. The maximum absolute atomic E-state index is 13.2. The van der Waals surface area contributed by atoms with Crippen molar-refractivity contribution in [3.05, 3.63) is 35.1 Å². The first-order chi connectivity index (χ1) is 8.17. The molecule has 6 heteroatoms. The van der Waals surface area contributed by atoms with E-state index in [-0.39, 0.29) is 12.4 Å². The molecule has 3 N–H and O–H groups in total. The molecule has 0 amide bonds. The third-order valence-electron chi connectivity index (χ3n) is 2.06. The summed E-state index contributed by atoms with van der Waals surface area (Å²) in [6, 6.07) is 4.12. The van der Waals surface area contributed by atoms with E-state index in [4.69, 9.17) is 20.4 Å². The van der Waals surface area contributed by atoms with Crippen molar-refractivity contribution in [2.24, 2.45) is 10.9 Å². The SMILES string of the molecule is COCCOCc1cc(F)cc(/C(N)=N/O)c1. The van der Waals surface area contributed by atoms with Crippen molar-refractivity contribution >= 4 is 5.84 Å². The van der Waals surface area contributed by atoms with Gasteiger partial charge < -0.3 is 20.4 Å². The Bertz CT molecular complexity index is 396. The highest BCUT2D eigenvalue weighted by Gasteiger charge is 2.05. The molecule has 94 valence electrons. The minimum absolute atomic E-state index is 0.136. The fourth-order valence-electron chi connectivity index (χ4n) is 1.27. The third-order valence-corrected chi connectivity index (χ3v) is 2.06. The molecule has 0 bridgehead atoms. The van der Waals surface area contributed by atoms with Crippen LogP contribution in [-0.4, -0.2) is 31.4 Å². The number of methoxy groups -OCH3 is 1. The molecule has 5 nitrogen and oxygen atoms in total. The molecule has 0 atom stereocenters. The number of nitrogens with zero attached hydrogens (tertiary/aromatic N) is 1. The molecule has 17 heavy (non-hydrogen) atoms. The maximum atomic E-state index is 13.2. The van der Waals surface area contributed by atoms with Crippen LogP contribution in [-0.2, 0) is 16.1 Å². The second-order valence-electron chi connectivity index (χ2n) is 3.38. The Morgan fingerprint density at radius 2 is 2.18 bits per heavy atom. The van der Waals surface area contributed by atoms with Gasteiger partial charge in [-0.25, -0.2) is 4.39 Å². The number of hydrogen-bond acceptors (Lipinski definition) is 4. The van der Waals surface area contributed by atoms with Crippen LogP contribution in [0.5, 0.6) is 0 Å². The molecule has 0 aromatic heterocycles. The molecule has 1 aromatic rings. The predicted octanol–water partition coefficient (Wildman–Crippen LogP) is 1.08. The molecule has 0 spiro atoms. The Balaban J connectivity index is 2.69. The van der Waals surface area contributed by atoms with E-state index in [0.29, 0.717) is 24.3 Å². The van der Waals surface area contributed by atoms with E-state index in [2.05, 4.69) is 5.16 Å². The van der Waals surface area contributed by atoms with E-state index in [0.717, 1.165) is 0 Å². The van der Waals surface area contributed by atoms with Gasteiger partial charge in [0.15, 0.2) is 5.84 Å². The van der Waals surface area contributed by atoms with Crippen LogP contribution in [0.25, 0.3) is 0 Å². The third kappa shape index (κ3) is 4.38. The first-order valence-electron chi connectivity index (χ1n) is 5.01. The average Bonchev–Trinajstić information content (AvgIpc) is 2.33. The normalized spacial score (nSPS) is 11.8. The van der Waals surface area contributed by atoms with Gasteiger partial charge in [0, 0.05) is 12.7 Å². The van der Waals surface area contributed by atoms with Crippen LogP contribution >= 0.6 is 0 Å². The lowest BCUT2D eigenvalue weighted by Crippen LogP contribution is -2.14. The summed E-state index contributed by atoms with van der Waals surface area (Å²) in [6.45, 7) is 1.14. The van der Waals surface area contributed by atoms with Gasteiger partial charge in [0.25, 0.3) is 0 Å². The zero-order valence-corrected chi connectivity index (χ0v) is 9.52. The Morgan fingerprint density at radius 3 is 2.82 bits per heavy atom. The van der Waals surface area contributed by atoms with Crippen molar-refractivity contribution in [1.82, 2.24) is 0 Å². The maximum Gasteiger partial charge on any atom is 0.170 e. The summed E-state index contributed by atoms with van der Waals surface area (Å²) < 4.78 is 23.3. The Hall–Kier alpha value is -1.66. The zero-order valence-electron chi connectivity index (χ0n) is 9.52. The van der Waals surface area contributed by atoms with E-state index in [1.165, 1.54) is 12.1 Å². The molecule has 0 saturated carbocycles. The number of rotatable bonds is 6. The molecule has 0 unspecified atom stereocenters. The Morgan fingerprint density at radius 1 is 1.41 bits per heavy atom. The first kappa shape index (κ1) is 13.4. The number of halogens is 1. The predicted molar refractivity (Wildman–Crippen MR) is 60.4 cm³/mol. The number of oxime groups is 1. The van der Waals surface area contributed by atoms with Crippen molar-refractivity contribution in [2.45, 2.75) is 6.61 Å². The van der Waals surface area contributed by atoms with Crippen LogP contribution in [0.4, 0.5) is 4.39 Å². The van der Waals surface area contributed by atoms with Gasteiger partial charge in [0.2, 0.25) is 0 Å². The fourth-order valence-corrected chi connectivity index (χ4v) is 1.27. The Labute approximate surface area is 98.6 Å². The van der Waals surface area contributed by atoms with Crippen LogP contribution in [0.15, 0.2) is 23.4 Å². The van der Waals surface area contributed by atoms with Gasteiger partial charge >= 0.3 is 0 Å². The van der Waals surface area contributed by atoms with Crippen molar-refractivity contribution in [3.8, 4) is 0 Å². The summed E-state index contributed by atoms with van der Waals surface area (Å²) in [5, 5.41) is 11.3. The molecular weight excluding hydrogens is 227 g/mol. The van der Waals surface area contributed by atoms with E-state index in [1.807, 2.05) is 0 Å². The molecule has 0 aliphatic carbocycles. The van der Waals surface area contributed by atoms with E-state index >= 15 is 0 Å². The number of amidine groups is 1. The summed E-state index contributed by atoms with van der Waals surface area (Å²) in [4.78, 5) is 0. The lowest BCUT2D eigenvalue weighted by atomic mass is 10.1. The molecular formula is C11H15FN2O3. The van der Waals surface area contributed by atoms with Crippen molar-refractivity contribution in [1.29, 1.82) is 0 Å². The van der Waals surface area contributed by atoms with Crippen molar-refractivity contribution in [2.75, 3.05) is 20.3 Å². The fraction of sp³-hybridized carbons (Fsp3) is 0.364. The topological polar surface area (TPSA) is 77.1 Å². The lowest BCUT2D eigenvalue weighted by Gasteiger charge is -2.06. The monoisotopic (exact) mass is 242 g/mol. The lowest BCUT2D eigenvalue weighted by molar-refractivity contribution is 0.0615. The molecule has 0 heterocycles. The minimum atomic E-state index is -0.459. The summed E-state index contributed by atoms with van der Waals surface area (Å²) in [5.41, 5.74) is 6.31. The van der Waals surface area contributed by atoms with E-state index < -0.39 is 5.82 Å². The van der Waals surface area contributed by atoms with Gasteiger partial charge in [-0.05, 0) is 23.8 Å². The highest BCUT2D eigenvalue weighted by Crippen LogP contribution is 2.10. The molecule has 0 radical (unpaired) electrons. The van der Waals surface area contributed by atoms with Gasteiger partial charge in [-0.2, -0.15) is 0 Å². The molecule has 1 aromatic carbocycles. The molecule has 0 fully saturated rings. The van der Waals surface area contributed by atoms with E-state index in [9.17, 15) is 4.39 Å². The smallest absolute Gasteiger partial charge is 0.170 e. The molecule has 0 aliphatic heterocycles. The van der Waals surface area contributed by atoms with Gasteiger partial charge in [-0.15, -0.1) is 0 Å². The van der Waals surface area contributed by atoms with Gasteiger partial charge in [-0.3, -0.25) is 0 Å². The molecule has 0 saturated heterocycles. The minimum Gasteiger partial charge on any atom is -0.409 e. The molecule has 0 aliphatic rings. The zero-order chi connectivity index (χ0) is 12.7. The summed E-state index contributed by atoms with van der Waals surface area (Å²) in [5.74, 6) is -0.595. The Kier molecular flexibility index (Phi) is 5.38. The largest absolute Gasteiger partial charge is 0.409 e. The van der Waals surface area contributed by atoms with Crippen LogP contribution in [0, 0.1) is 5.82 Å². The standard InChI is InChI=1S/C11H15FN2O3/c1-16-2-3-17-7-8-4-9(11(13)14-15)6-10(12)5-8/h4-6,15H,2-3,7H2,1H3,(H2,13,14). The summed E-state index contributed by atoms with van der Waals surface area (Å²) >= 11 is 0. The second kappa shape index (κ2) is 6.82. The van der Waals surface area contributed by atoms with Crippen molar-refractivity contribution in [3.63, 3.8) is 0 Å². The van der Waals surface area contributed by atoms with Crippen LogP contribution in [0.1, 0.15) is 11.1 Å². The highest BCUT2D eigenvalue weighted by atomic mass is 19.1. The van der Waals surface area contributed by atoms with Gasteiger partial charge in [0.05, 0.1) is 19.8 Å². The van der Waals surface area contributed by atoms with Gasteiger partial charge in [-0.1, -0.05) is 5.16 Å². The second-order valence-corrected chi connectivity index (χ2v) is 3.38. The van der Waals surface area contributed by atoms with Gasteiger partial charge in [0.1, 0.15) is 5.82 Å². The molecule has 1 rings (SSSR count). The van der Waals surface area contributed by atoms with E-state index in [1.54, 1.807) is 13.2 Å². The van der Waals surface area contributed by atoms with Crippen LogP contribution < -0.4 is 5.73 Å². The summed E-state index contributed by atoms with van der Waals surface area (Å²) in [7, 11) is 1.57. The summed E-state index contributed by atoms with van der Waals surface area (Å²) in [6.07, 6.45) is 0. The highest BCUT2D eigenvalue weighted by molar-refractivity contribution is 5.97. The number of benzene rings is 1. The number of ether oxygens (including phenoxy) is 2. The van der Waals surface area contributed by atoms with Crippen LogP contribution in [0.2, 0.25) is 0 Å². The number of nitrogens with two attached hydrogens (primary N) is 1. The quantitative estimate of drug-likeness (QED) is 0.257. The van der Waals surface area contributed by atoms with Crippen LogP contribution in [0.3, 0.4) is 0 Å². The first-order valence-corrected chi connectivity index (χ1v) is 5.01.